The van der Waals surface area contributed by atoms with Gasteiger partial charge in [-0.05, 0) is 62.7 Å². The number of aromatic amines is 1. The van der Waals surface area contributed by atoms with E-state index in [0.717, 1.165) is 44.9 Å². The van der Waals surface area contributed by atoms with Crippen LogP contribution in [-0.4, -0.2) is 27.3 Å². The maximum atomic E-state index is 6.11. The number of aromatic nitrogens is 3. The summed E-state index contributed by atoms with van der Waals surface area (Å²) in [5.74, 6) is 2.05. The Hall–Kier alpha value is -3.54. The van der Waals surface area contributed by atoms with Gasteiger partial charge >= 0.3 is 0 Å². The molecule has 0 unspecified atom stereocenters. The van der Waals surface area contributed by atoms with Gasteiger partial charge in [0, 0.05) is 35.0 Å². The lowest BCUT2D eigenvalue weighted by Crippen LogP contribution is -2.23. The highest BCUT2D eigenvalue weighted by atomic mass is 16.7. The number of hydrogen-bond acceptors (Lipinski definition) is 5. The Bertz CT molecular complexity index is 1210. The standard InChI is InChI=1S/C23H21N3O3/c1-23(2,3)29-21-11-15(17-12-25-22-16(17)5-4-8-24-22)9-18(26-21)14-6-7-19-20(10-14)28-13-27-19/h4-12H,13H2,1-3H3,(H,24,25). The molecule has 0 radical (unpaired) electrons. The van der Waals surface area contributed by atoms with Crippen molar-refractivity contribution < 1.29 is 14.2 Å². The minimum absolute atomic E-state index is 0.243. The van der Waals surface area contributed by atoms with Crippen LogP contribution in [0.3, 0.4) is 0 Å². The van der Waals surface area contributed by atoms with Gasteiger partial charge in [0.1, 0.15) is 11.2 Å². The molecule has 0 saturated carbocycles. The van der Waals surface area contributed by atoms with E-state index in [0.29, 0.717) is 5.88 Å². The van der Waals surface area contributed by atoms with Crippen LogP contribution in [-0.2, 0) is 0 Å². The van der Waals surface area contributed by atoms with Crippen molar-refractivity contribution in [2.45, 2.75) is 26.4 Å². The van der Waals surface area contributed by atoms with Gasteiger partial charge in [0.15, 0.2) is 11.5 Å². The summed E-state index contributed by atoms with van der Waals surface area (Å²) in [4.78, 5) is 12.4. The Morgan fingerprint density at radius 2 is 1.86 bits per heavy atom. The van der Waals surface area contributed by atoms with E-state index >= 15 is 0 Å². The lowest BCUT2D eigenvalue weighted by Gasteiger charge is -2.21. The van der Waals surface area contributed by atoms with E-state index in [4.69, 9.17) is 19.2 Å². The van der Waals surface area contributed by atoms with Crippen LogP contribution in [0.15, 0.2) is 54.9 Å². The van der Waals surface area contributed by atoms with E-state index in [1.807, 2.05) is 57.3 Å². The molecule has 4 heterocycles. The summed E-state index contributed by atoms with van der Waals surface area (Å²) in [6, 6.07) is 13.9. The first-order valence-corrected chi connectivity index (χ1v) is 9.50. The monoisotopic (exact) mass is 387 g/mol. The lowest BCUT2D eigenvalue weighted by molar-refractivity contribution is 0.124. The van der Waals surface area contributed by atoms with Gasteiger partial charge < -0.3 is 19.2 Å². The zero-order chi connectivity index (χ0) is 20.0. The van der Waals surface area contributed by atoms with Crippen molar-refractivity contribution in [2.24, 2.45) is 0 Å². The summed E-state index contributed by atoms with van der Waals surface area (Å²) >= 11 is 0. The molecule has 0 spiro atoms. The summed E-state index contributed by atoms with van der Waals surface area (Å²) in [5.41, 5.74) is 4.29. The maximum absolute atomic E-state index is 6.11. The Kier molecular flexibility index (Phi) is 3.94. The normalized spacial score (nSPS) is 13.1. The molecule has 1 aromatic carbocycles. The Labute approximate surface area is 168 Å². The number of nitrogens with one attached hydrogen (secondary N) is 1. The van der Waals surface area contributed by atoms with Crippen LogP contribution in [0, 0.1) is 0 Å². The van der Waals surface area contributed by atoms with Crippen LogP contribution in [0.5, 0.6) is 17.4 Å². The number of hydrogen-bond donors (Lipinski definition) is 1. The Balaban J connectivity index is 1.67. The van der Waals surface area contributed by atoms with Crippen LogP contribution >= 0.6 is 0 Å². The zero-order valence-corrected chi connectivity index (χ0v) is 16.5. The third-order valence-electron chi connectivity index (χ3n) is 4.64. The highest BCUT2D eigenvalue weighted by Crippen LogP contribution is 2.38. The van der Waals surface area contributed by atoms with Crippen LogP contribution < -0.4 is 14.2 Å². The van der Waals surface area contributed by atoms with Crippen molar-refractivity contribution in [3.8, 4) is 39.8 Å². The molecule has 3 aromatic heterocycles. The topological polar surface area (TPSA) is 69.3 Å². The third-order valence-corrected chi connectivity index (χ3v) is 4.64. The second-order valence-corrected chi connectivity index (χ2v) is 7.96. The SMILES string of the molecule is CC(C)(C)Oc1cc(-c2c[nH]c3ncccc23)cc(-c2ccc3c(c2)OCO3)n1. The highest BCUT2D eigenvalue weighted by Gasteiger charge is 2.19. The largest absolute Gasteiger partial charge is 0.472 e. The molecule has 1 N–H and O–H groups in total. The molecule has 0 aliphatic carbocycles. The first-order valence-electron chi connectivity index (χ1n) is 9.50. The van der Waals surface area contributed by atoms with Crippen molar-refractivity contribution in [1.82, 2.24) is 15.0 Å². The third kappa shape index (κ3) is 3.38. The van der Waals surface area contributed by atoms with Gasteiger partial charge in [-0.15, -0.1) is 0 Å². The molecule has 6 nitrogen and oxygen atoms in total. The maximum Gasteiger partial charge on any atom is 0.231 e. The molecule has 0 bridgehead atoms. The molecule has 0 amide bonds. The smallest absolute Gasteiger partial charge is 0.231 e. The van der Waals surface area contributed by atoms with Crippen molar-refractivity contribution in [3.05, 3.63) is 54.9 Å². The fourth-order valence-corrected chi connectivity index (χ4v) is 3.43. The van der Waals surface area contributed by atoms with E-state index in [1.165, 1.54) is 0 Å². The predicted molar refractivity (Wildman–Crippen MR) is 111 cm³/mol. The number of nitrogens with zero attached hydrogens (tertiary/aromatic N) is 2. The summed E-state index contributed by atoms with van der Waals surface area (Å²) in [5, 5.41) is 1.05. The van der Waals surface area contributed by atoms with Crippen molar-refractivity contribution in [2.75, 3.05) is 6.79 Å². The van der Waals surface area contributed by atoms with Crippen molar-refractivity contribution in [3.63, 3.8) is 0 Å². The summed E-state index contributed by atoms with van der Waals surface area (Å²) in [6.07, 6.45) is 3.75. The fourth-order valence-electron chi connectivity index (χ4n) is 3.43. The summed E-state index contributed by atoms with van der Waals surface area (Å²) < 4.78 is 17.1. The van der Waals surface area contributed by atoms with Crippen LogP contribution in [0.25, 0.3) is 33.4 Å². The number of ether oxygens (including phenoxy) is 3. The Morgan fingerprint density at radius 3 is 2.72 bits per heavy atom. The van der Waals surface area contributed by atoms with Crippen LogP contribution in [0.2, 0.25) is 0 Å². The molecule has 0 atom stereocenters. The van der Waals surface area contributed by atoms with E-state index in [9.17, 15) is 0 Å². The average molecular weight is 387 g/mol. The average Bonchev–Trinajstić information content (AvgIpc) is 3.32. The zero-order valence-electron chi connectivity index (χ0n) is 16.5. The minimum atomic E-state index is -0.362. The van der Waals surface area contributed by atoms with E-state index in [2.05, 4.69) is 22.1 Å². The van der Waals surface area contributed by atoms with Crippen LogP contribution in [0.1, 0.15) is 20.8 Å². The lowest BCUT2D eigenvalue weighted by atomic mass is 10.0. The molecular weight excluding hydrogens is 366 g/mol. The van der Waals surface area contributed by atoms with Gasteiger partial charge in [-0.2, -0.15) is 0 Å². The van der Waals surface area contributed by atoms with E-state index in [1.54, 1.807) is 6.20 Å². The molecule has 6 heteroatoms. The minimum Gasteiger partial charge on any atom is -0.472 e. The molecule has 0 fully saturated rings. The number of rotatable bonds is 3. The van der Waals surface area contributed by atoms with Crippen molar-refractivity contribution in [1.29, 1.82) is 0 Å². The summed E-state index contributed by atoms with van der Waals surface area (Å²) in [6.45, 7) is 6.28. The predicted octanol–water partition coefficient (Wildman–Crippen LogP) is 5.20. The molecule has 5 rings (SSSR count). The fraction of sp³-hybridized carbons (Fsp3) is 0.217. The van der Waals surface area contributed by atoms with Gasteiger partial charge in [0.25, 0.3) is 0 Å². The number of pyridine rings is 2. The first kappa shape index (κ1) is 17.6. The molecular formula is C23H21N3O3. The van der Waals surface area contributed by atoms with Gasteiger partial charge in [-0.25, -0.2) is 9.97 Å². The second kappa shape index (κ2) is 6.51. The second-order valence-electron chi connectivity index (χ2n) is 7.96. The number of fused-ring (bicyclic) bond motifs is 2. The molecule has 4 aromatic rings. The summed E-state index contributed by atoms with van der Waals surface area (Å²) in [7, 11) is 0. The molecule has 1 aliphatic rings. The van der Waals surface area contributed by atoms with Gasteiger partial charge in [-0.1, -0.05) is 0 Å². The number of benzene rings is 1. The number of H-pyrrole nitrogens is 1. The quantitative estimate of drug-likeness (QED) is 0.523. The van der Waals surface area contributed by atoms with Gasteiger partial charge in [-0.3, -0.25) is 0 Å². The van der Waals surface area contributed by atoms with Gasteiger partial charge in [0.2, 0.25) is 12.7 Å². The molecule has 29 heavy (non-hydrogen) atoms. The highest BCUT2D eigenvalue weighted by molar-refractivity contribution is 5.94. The molecule has 1 aliphatic heterocycles. The van der Waals surface area contributed by atoms with E-state index < -0.39 is 0 Å². The van der Waals surface area contributed by atoms with E-state index in [-0.39, 0.29) is 12.4 Å². The molecule has 146 valence electrons. The Morgan fingerprint density at radius 1 is 1.00 bits per heavy atom. The van der Waals surface area contributed by atoms with Crippen LogP contribution in [0.4, 0.5) is 0 Å². The van der Waals surface area contributed by atoms with Crippen molar-refractivity contribution >= 4 is 11.0 Å². The van der Waals surface area contributed by atoms with Gasteiger partial charge in [0.05, 0.1) is 5.69 Å². The molecule has 0 saturated heterocycles. The first-order chi connectivity index (χ1) is 14.0.